The molecule has 1 saturated heterocycles. The van der Waals surface area contributed by atoms with Gasteiger partial charge in [0, 0.05) is 18.2 Å². The second-order valence-electron chi connectivity index (χ2n) is 5.25. The Kier molecular flexibility index (Phi) is 5.73. The molecule has 0 aromatic heterocycles. The minimum atomic E-state index is -0.127. The topological polar surface area (TPSA) is 41.5 Å². The van der Waals surface area contributed by atoms with Crippen molar-refractivity contribution >= 4 is 0 Å². The Balaban J connectivity index is 2.52. The number of ether oxygens (including phenoxy) is 1. The minimum absolute atomic E-state index is 0.127. The number of rotatable bonds is 7. The first-order valence-electron chi connectivity index (χ1n) is 6.61. The van der Waals surface area contributed by atoms with E-state index in [9.17, 15) is 5.11 Å². The van der Waals surface area contributed by atoms with Crippen LogP contribution in [0.25, 0.3) is 0 Å². The Morgan fingerprint density at radius 2 is 2.25 bits per heavy atom. The molecule has 1 rings (SSSR count). The summed E-state index contributed by atoms with van der Waals surface area (Å²) in [5, 5.41) is 13.2. The molecule has 0 amide bonds. The van der Waals surface area contributed by atoms with Crippen LogP contribution < -0.4 is 5.32 Å². The summed E-state index contributed by atoms with van der Waals surface area (Å²) < 4.78 is 5.45. The van der Waals surface area contributed by atoms with Crippen molar-refractivity contribution in [2.45, 2.75) is 58.0 Å². The van der Waals surface area contributed by atoms with Crippen LogP contribution >= 0.6 is 0 Å². The molecule has 3 atom stereocenters. The van der Waals surface area contributed by atoms with Gasteiger partial charge in [0.05, 0.1) is 13.2 Å². The van der Waals surface area contributed by atoms with E-state index in [1.54, 1.807) is 0 Å². The number of nitrogens with one attached hydrogen (secondary N) is 1. The number of hydrogen-bond donors (Lipinski definition) is 2. The van der Waals surface area contributed by atoms with Crippen molar-refractivity contribution in [1.29, 1.82) is 0 Å². The molecule has 0 bridgehead atoms. The zero-order chi connectivity index (χ0) is 12.0. The van der Waals surface area contributed by atoms with Crippen molar-refractivity contribution in [1.82, 2.24) is 5.32 Å². The van der Waals surface area contributed by atoms with Crippen molar-refractivity contribution in [3.63, 3.8) is 0 Å². The molecule has 1 aliphatic heterocycles. The summed E-state index contributed by atoms with van der Waals surface area (Å²) in [6.07, 6.45) is 4.38. The van der Waals surface area contributed by atoms with Gasteiger partial charge in [-0.05, 0) is 32.1 Å². The maximum absolute atomic E-state index is 9.51. The van der Waals surface area contributed by atoms with Crippen LogP contribution in [0, 0.1) is 5.92 Å². The van der Waals surface area contributed by atoms with Crippen LogP contribution in [0.15, 0.2) is 0 Å². The molecule has 16 heavy (non-hydrogen) atoms. The maximum Gasteiger partial charge on any atom is 0.0610 e. The average molecular weight is 229 g/mol. The first-order chi connectivity index (χ1) is 7.65. The Labute approximate surface area is 99.6 Å². The highest BCUT2D eigenvalue weighted by atomic mass is 16.5. The van der Waals surface area contributed by atoms with Gasteiger partial charge in [0.1, 0.15) is 0 Å². The molecule has 3 unspecified atom stereocenters. The molecule has 0 radical (unpaired) electrons. The van der Waals surface area contributed by atoms with E-state index >= 15 is 0 Å². The van der Waals surface area contributed by atoms with Crippen molar-refractivity contribution in [3.8, 4) is 0 Å². The van der Waals surface area contributed by atoms with Gasteiger partial charge in [0.15, 0.2) is 0 Å². The lowest BCUT2D eigenvalue weighted by atomic mass is 9.90. The van der Waals surface area contributed by atoms with Gasteiger partial charge in [0.25, 0.3) is 0 Å². The fraction of sp³-hybridized carbons (Fsp3) is 1.00. The first-order valence-corrected chi connectivity index (χ1v) is 6.61. The van der Waals surface area contributed by atoms with Gasteiger partial charge in [-0.25, -0.2) is 0 Å². The predicted octanol–water partition coefficient (Wildman–Crippen LogP) is 1.94. The van der Waals surface area contributed by atoms with Crippen LogP contribution in [0.1, 0.15) is 46.5 Å². The Bertz CT molecular complexity index is 192. The van der Waals surface area contributed by atoms with Crippen LogP contribution in [0.3, 0.4) is 0 Å². The van der Waals surface area contributed by atoms with E-state index < -0.39 is 0 Å². The third kappa shape index (κ3) is 3.72. The lowest BCUT2D eigenvalue weighted by molar-refractivity contribution is 0.126. The van der Waals surface area contributed by atoms with Gasteiger partial charge < -0.3 is 15.2 Å². The highest BCUT2D eigenvalue weighted by Gasteiger charge is 2.31. The zero-order valence-electron chi connectivity index (χ0n) is 11.0. The summed E-state index contributed by atoms with van der Waals surface area (Å²) >= 11 is 0. The molecule has 0 saturated carbocycles. The van der Waals surface area contributed by atoms with Crippen molar-refractivity contribution in [3.05, 3.63) is 0 Å². The Morgan fingerprint density at radius 1 is 1.50 bits per heavy atom. The van der Waals surface area contributed by atoms with E-state index in [-0.39, 0.29) is 12.1 Å². The van der Waals surface area contributed by atoms with Crippen LogP contribution in [-0.4, -0.2) is 36.5 Å². The van der Waals surface area contributed by atoms with Crippen molar-refractivity contribution in [2.75, 3.05) is 19.8 Å². The summed E-state index contributed by atoms with van der Waals surface area (Å²) in [6.45, 7) is 8.47. The third-order valence-electron chi connectivity index (χ3n) is 3.66. The number of hydrogen-bond acceptors (Lipinski definition) is 3. The molecular formula is C13H27NO2. The first kappa shape index (κ1) is 13.9. The highest BCUT2D eigenvalue weighted by Crippen LogP contribution is 2.22. The predicted molar refractivity (Wildman–Crippen MR) is 66.5 cm³/mol. The summed E-state index contributed by atoms with van der Waals surface area (Å²) in [6, 6.07) is 0.478. The molecule has 0 aromatic rings. The lowest BCUT2D eigenvalue weighted by Crippen LogP contribution is -2.53. The van der Waals surface area contributed by atoms with Crippen LogP contribution in [0.4, 0.5) is 0 Å². The summed E-state index contributed by atoms with van der Waals surface area (Å²) in [5.74, 6) is 0.618. The van der Waals surface area contributed by atoms with Gasteiger partial charge in [-0.3, -0.25) is 0 Å². The molecule has 3 heteroatoms. The highest BCUT2D eigenvalue weighted by molar-refractivity contribution is 4.89. The largest absolute Gasteiger partial charge is 0.394 e. The smallest absolute Gasteiger partial charge is 0.0610 e. The van der Waals surface area contributed by atoms with E-state index in [0.29, 0.717) is 12.0 Å². The van der Waals surface area contributed by atoms with Crippen LogP contribution in [0.5, 0.6) is 0 Å². The lowest BCUT2D eigenvalue weighted by Gasteiger charge is -2.35. The van der Waals surface area contributed by atoms with Crippen LogP contribution in [-0.2, 0) is 4.74 Å². The number of aliphatic hydroxyl groups excluding tert-OH is 1. The zero-order valence-corrected chi connectivity index (χ0v) is 11.0. The van der Waals surface area contributed by atoms with E-state index in [2.05, 4.69) is 26.1 Å². The third-order valence-corrected chi connectivity index (χ3v) is 3.66. The maximum atomic E-state index is 9.51. The van der Waals surface area contributed by atoms with E-state index in [1.807, 2.05) is 0 Å². The van der Waals surface area contributed by atoms with Gasteiger partial charge in [0.2, 0.25) is 0 Å². The molecule has 1 heterocycles. The number of aliphatic hydroxyl groups is 1. The SMILES string of the molecule is CCCC(C)(CO)NC(CC)C1CCOC1. The molecule has 0 spiro atoms. The normalized spacial score (nSPS) is 26.6. The second kappa shape index (κ2) is 6.58. The fourth-order valence-electron chi connectivity index (χ4n) is 2.62. The van der Waals surface area contributed by atoms with Crippen LogP contribution in [0.2, 0.25) is 0 Å². The second-order valence-corrected chi connectivity index (χ2v) is 5.25. The standard InChI is InChI=1S/C13H27NO2/c1-4-7-13(3,10-15)14-12(5-2)11-6-8-16-9-11/h11-12,14-15H,4-10H2,1-3H3. The van der Waals surface area contributed by atoms with Gasteiger partial charge in [-0.2, -0.15) is 0 Å². The minimum Gasteiger partial charge on any atom is -0.394 e. The molecule has 0 aliphatic carbocycles. The molecular weight excluding hydrogens is 202 g/mol. The van der Waals surface area contributed by atoms with Crippen molar-refractivity contribution < 1.29 is 9.84 Å². The molecule has 1 aliphatic rings. The quantitative estimate of drug-likeness (QED) is 0.701. The molecule has 0 aromatic carbocycles. The Hall–Kier alpha value is -0.120. The van der Waals surface area contributed by atoms with E-state index in [0.717, 1.165) is 38.9 Å². The summed E-state index contributed by atoms with van der Waals surface area (Å²) in [5.41, 5.74) is -0.127. The average Bonchev–Trinajstić information content (AvgIpc) is 2.80. The summed E-state index contributed by atoms with van der Waals surface area (Å²) in [7, 11) is 0. The molecule has 1 fully saturated rings. The Morgan fingerprint density at radius 3 is 2.69 bits per heavy atom. The fourth-order valence-corrected chi connectivity index (χ4v) is 2.62. The molecule has 96 valence electrons. The van der Waals surface area contributed by atoms with Crippen molar-refractivity contribution in [2.24, 2.45) is 5.92 Å². The monoisotopic (exact) mass is 229 g/mol. The van der Waals surface area contributed by atoms with E-state index in [1.165, 1.54) is 0 Å². The van der Waals surface area contributed by atoms with Gasteiger partial charge >= 0.3 is 0 Å². The van der Waals surface area contributed by atoms with E-state index in [4.69, 9.17) is 4.74 Å². The van der Waals surface area contributed by atoms with Gasteiger partial charge in [-0.1, -0.05) is 20.3 Å². The molecule has 2 N–H and O–H groups in total. The molecule has 3 nitrogen and oxygen atoms in total. The summed E-state index contributed by atoms with van der Waals surface area (Å²) in [4.78, 5) is 0. The van der Waals surface area contributed by atoms with Gasteiger partial charge in [-0.15, -0.1) is 0 Å².